The van der Waals surface area contributed by atoms with E-state index >= 15 is 0 Å². The van der Waals surface area contributed by atoms with E-state index in [1.54, 1.807) is 54.6 Å². The zero-order valence-electron chi connectivity index (χ0n) is 25.8. The van der Waals surface area contributed by atoms with Crippen LogP contribution < -0.4 is 0 Å². The van der Waals surface area contributed by atoms with Crippen molar-refractivity contribution in [1.29, 1.82) is 0 Å². The molecule has 3 heterocycles. The Morgan fingerprint density at radius 2 is 0.615 bits per heavy atom. The van der Waals surface area contributed by atoms with Crippen LogP contribution in [0.3, 0.4) is 0 Å². The summed E-state index contributed by atoms with van der Waals surface area (Å²) in [7, 11) is 0. The maximum atomic E-state index is 12.6. The van der Waals surface area contributed by atoms with Crippen molar-refractivity contribution >= 4 is 34.8 Å². The number of benzene rings is 3. The molecule has 0 aliphatic heterocycles. The maximum absolute atomic E-state index is 12.6. The number of pyridine rings is 3. The largest absolute Gasteiger partial charge is 0.417 e. The second-order valence-corrected chi connectivity index (χ2v) is 11.4. The number of hydrogen-bond acceptors (Lipinski definition) is 3. The predicted octanol–water partition coefficient (Wildman–Crippen LogP) is 13.3. The van der Waals surface area contributed by atoms with E-state index in [0.717, 1.165) is 18.2 Å². The van der Waals surface area contributed by atoms with Gasteiger partial charge in [-0.15, -0.1) is 0 Å². The number of alkyl halides is 9. The molecule has 0 aliphatic carbocycles. The standard InChI is InChI=1S/3C12H7ClF3N.Ir/c3*13-10-5-4-8(7-9(10)12(14,15)16)11-3-1-2-6-17-11;/h3*1-7H;. The Hall–Kier alpha value is -4.00. The van der Waals surface area contributed by atoms with E-state index in [1.807, 2.05) is 0 Å². The van der Waals surface area contributed by atoms with Gasteiger partial charge in [-0.2, -0.15) is 39.5 Å². The summed E-state index contributed by atoms with van der Waals surface area (Å²) < 4.78 is 114. The summed E-state index contributed by atoms with van der Waals surface area (Å²) in [6.45, 7) is 0. The third-order valence-electron chi connectivity index (χ3n) is 6.70. The van der Waals surface area contributed by atoms with Crippen LogP contribution in [0.2, 0.25) is 15.1 Å². The number of hydrogen-bond donors (Lipinski definition) is 0. The van der Waals surface area contributed by atoms with Crippen molar-refractivity contribution in [2.45, 2.75) is 18.5 Å². The van der Waals surface area contributed by atoms with Crippen molar-refractivity contribution in [3.63, 3.8) is 0 Å². The summed E-state index contributed by atoms with van der Waals surface area (Å²) in [5.41, 5.74) is 0.0814. The molecule has 0 N–H and O–H groups in total. The number of rotatable bonds is 3. The fourth-order valence-corrected chi connectivity index (χ4v) is 4.98. The van der Waals surface area contributed by atoms with Crippen LogP contribution in [-0.2, 0) is 38.6 Å². The Kier molecular flexibility index (Phi) is 14.8. The van der Waals surface area contributed by atoms with Gasteiger partial charge >= 0.3 is 18.5 Å². The first-order valence-electron chi connectivity index (χ1n) is 14.3. The summed E-state index contributed by atoms with van der Waals surface area (Å²) >= 11 is 16.6. The van der Waals surface area contributed by atoms with Crippen LogP contribution in [0.15, 0.2) is 128 Å². The molecule has 273 valence electrons. The normalized spacial score (nSPS) is 11.3. The molecule has 3 nitrogen and oxygen atoms in total. The Labute approximate surface area is 319 Å². The molecule has 0 atom stereocenters. The van der Waals surface area contributed by atoms with Crippen molar-refractivity contribution in [2.24, 2.45) is 0 Å². The molecule has 3 aromatic heterocycles. The van der Waals surface area contributed by atoms with Crippen LogP contribution in [0.4, 0.5) is 39.5 Å². The van der Waals surface area contributed by atoms with Crippen LogP contribution in [0, 0.1) is 0 Å². The van der Waals surface area contributed by atoms with Crippen LogP contribution in [0.1, 0.15) is 16.7 Å². The summed E-state index contributed by atoms with van der Waals surface area (Å²) in [4.78, 5) is 12.0. The second-order valence-electron chi connectivity index (χ2n) is 10.2. The molecular formula is C36H21Cl3F9IrN3. The van der Waals surface area contributed by atoms with E-state index in [-0.39, 0.29) is 35.2 Å². The van der Waals surface area contributed by atoms with Crippen molar-refractivity contribution in [3.05, 3.63) is 160 Å². The van der Waals surface area contributed by atoms with E-state index in [0.29, 0.717) is 33.8 Å². The van der Waals surface area contributed by atoms with Gasteiger partial charge in [0.15, 0.2) is 0 Å². The molecule has 0 saturated carbocycles. The molecule has 0 amide bonds. The SMILES string of the molecule is FC(F)(F)c1cc(-c2ccccn2)ccc1Cl.FC(F)(F)c1cc(-c2ccccn2)ccc1Cl.FC(F)(F)c1cc(-c2ccccn2)ccc1Cl.[Ir]. The maximum Gasteiger partial charge on any atom is 0.417 e. The van der Waals surface area contributed by atoms with Gasteiger partial charge in [-0.25, -0.2) is 0 Å². The number of aromatic nitrogens is 3. The fourth-order valence-electron chi connectivity index (χ4n) is 4.31. The quantitative estimate of drug-likeness (QED) is 0.166. The molecule has 6 aromatic rings. The Morgan fingerprint density at radius 1 is 0.365 bits per heavy atom. The van der Waals surface area contributed by atoms with Crippen molar-refractivity contribution in [2.75, 3.05) is 0 Å². The van der Waals surface area contributed by atoms with Crippen LogP contribution in [0.25, 0.3) is 33.8 Å². The first-order valence-corrected chi connectivity index (χ1v) is 15.4. The summed E-state index contributed by atoms with van der Waals surface area (Å²) in [6, 6.07) is 26.4. The van der Waals surface area contributed by atoms with Crippen molar-refractivity contribution in [3.8, 4) is 33.8 Å². The zero-order valence-corrected chi connectivity index (χ0v) is 30.5. The Morgan fingerprint density at radius 3 is 0.808 bits per heavy atom. The first kappa shape index (κ1) is 42.4. The topological polar surface area (TPSA) is 38.7 Å². The van der Waals surface area contributed by atoms with Gasteiger partial charge in [0.25, 0.3) is 0 Å². The summed E-state index contributed by atoms with van der Waals surface area (Å²) in [6.07, 6.45) is -8.79. The van der Waals surface area contributed by atoms with Gasteiger partial charge in [0.05, 0.1) is 48.8 Å². The molecule has 0 spiro atoms. The molecule has 1 radical (unpaired) electrons. The number of halogens is 12. The minimum Gasteiger partial charge on any atom is -0.256 e. The van der Waals surface area contributed by atoms with E-state index in [2.05, 4.69) is 15.0 Å². The minimum absolute atomic E-state index is 0. The summed E-state index contributed by atoms with van der Waals surface area (Å²) in [5.74, 6) is 0. The minimum atomic E-state index is -4.46. The van der Waals surface area contributed by atoms with Gasteiger partial charge in [0.2, 0.25) is 0 Å². The Bertz CT molecular complexity index is 1810. The molecule has 0 aliphatic rings. The van der Waals surface area contributed by atoms with Gasteiger partial charge in [0, 0.05) is 55.4 Å². The van der Waals surface area contributed by atoms with Crippen molar-refractivity contribution in [1.82, 2.24) is 15.0 Å². The summed E-state index contributed by atoms with van der Waals surface area (Å²) in [5, 5.41) is -0.924. The molecule has 0 unspecified atom stereocenters. The zero-order chi connectivity index (χ0) is 37.4. The molecule has 6 rings (SSSR count). The monoisotopic (exact) mass is 964 g/mol. The van der Waals surface area contributed by atoms with E-state index in [4.69, 9.17) is 34.8 Å². The molecule has 0 fully saturated rings. The Balaban J connectivity index is 0.000000208. The number of nitrogens with zero attached hydrogens (tertiary/aromatic N) is 3. The van der Waals surface area contributed by atoms with Gasteiger partial charge in [-0.3, -0.25) is 15.0 Å². The van der Waals surface area contributed by atoms with E-state index in [1.165, 1.54) is 55.0 Å². The average Bonchev–Trinajstić information content (AvgIpc) is 3.09. The molecule has 0 bridgehead atoms. The third kappa shape index (κ3) is 11.8. The smallest absolute Gasteiger partial charge is 0.256 e. The van der Waals surface area contributed by atoms with Gasteiger partial charge in [-0.1, -0.05) is 71.2 Å². The van der Waals surface area contributed by atoms with Crippen LogP contribution in [-0.4, -0.2) is 15.0 Å². The van der Waals surface area contributed by atoms with E-state index < -0.39 is 35.2 Å². The van der Waals surface area contributed by atoms with Gasteiger partial charge in [-0.05, 0) is 72.8 Å². The first-order chi connectivity index (χ1) is 23.9. The molecule has 16 heteroatoms. The van der Waals surface area contributed by atoms with Crippen LogP contribution >= 0.6 is 34.8 Å². The average molecular weight is 965 g/mol. The molecule has 0 saturated heterocycles. The molecule has 3 aromatic carbocycles. The predicted molar refractivity (Wildman–Crippen MR) is 179 cm³/mol. The molecule has 52 heavy (non-hydrogen) atoms. The van der Waals surface area contributed by atoms with Crippen LogP contribution in [0.5, 0.6) is 0 Å². The van der Waals surface area contributed by atoms with E-state index in [9.17, 15) is 39.5 Å². The second kappa shape index (κ2) is 18.2. The van der Waals surface area contributed by atoms with Crippen molar-refractivity contribution < 1.29 is 59.6 Å². The van der Waals surface area contributed by atoms with Gasteiger partial charge in [0.1, 0.15) is 0 Å². The molecular weight excluding hydrogens is 944 g/mol. The third-order valence-corrected chi connectivity index (χ3v) is 7.69. The van der Waals surface area contributed by atoms with Gasteiger partial charge < -0.3 is 0 Å². The fraction of sp³-hybridized carbons (Fsp3) is 0.0833.